The van der Waals surface area contributed by atoms with Crippen molar-refractivity contribution in [2.24, 2.45) is 17.3 Å². The van der Waals surface area contributed by atoms with Crippen LogP contribution >= 0.6 is 0 Å². The van der Waals surface area contributed by atoms with Gasteiger partial charge < -0.3 is 24.5 Å². The molecule has 3 rings (SSSR count). The first-order chi connectivity index (χ1) is 13.1. The molecule has 0 unspecified atom stereocenters. The number of Topliss-reactive ketones (excluding diaryl/α,β-unsaturated/α-hetero) is 1. The van der Waals surface area contributed by atoms with Gasteiger partial charge in [-0.1, -0.05) is 20.8 Å². The molecule has 1 saturated carbocycles. The van der Waals surface area contributed by atoms with Crippen molar-refractivity contribution in [2.45, 2.75) is 71.4 Å². The number of carbonyl (C=O) groups is 2. The summed E-state index contributed by atoms with van der Waals surface area (Å²) in [6, 6.07) is 5.81. The Morgan fingerprint density at radius 2 is 1.89 bits per heavy atom. The molecule has 1 aromatic rings. The van der Waals surface area contributed by atoms with Crippen LogP contribution in [0.5, 0.6) is 5.75 Å². The van der Waals surface area contributed by atoms with E-state index in [2.05, 4.69) is 20.8 Å². The molecule has 0 radical (unpaired) electrons. The van der Waals surface area contributed by atoms with E-state index in [9.17, 15) is 19.8 Å². The Bertz CT molecular complexity index is 742. The Hall–Kier alpha value is -1.92. The molecule has 6 nitrogen and oxygen atoms in total. The number of hydrogen-bond acceptors (Lipinski definition) is 6. The van der Waals surface area contributed by atoms with E-state index in [1.54, 1.807) is 6.92 Å². The number of hydrogen-bond donors (Lipinski definition) is 2. The van der Waals surface area contributed by atoms with Crippen LogP contribution in [0.4, 0.5) is 0 Å². The molecule has 0 bridgehead atoms. The van der Waals surface area contributed by atoms with Crippen molar-refractivity contribution in [3.8, 4) is 5.75 Å². The minimum absolute atomic E-state index is 0.0622. The monoisotopic (exact) mass is 390 g/mol. The number of phenols is 1. The Labute approximate surface area is 165 Å². The van der Waals surface area contributed by atoms with Crippen molar-refractivity contribution < 1.29 is 29.3 Å². The van der Waals surface area contributed by atoms with Crippen LogP contribution in [0, 0.1) is 17.3 Å². The fourth-order valence-electron chi connectivity index (χ4n) is 5.09. The molecule has 1 aliphatic heterocycles. The Balaban J connectivity index is 1.89. The van der Waals surface area contributed by atoms with Crippen LogP contribution in [0.2, 0.25) is 0 Å². The molecule has 0 spiro atoms. The van der Waals surface area contributed by atoms with Gasteiger partial charge in [0.25, 0.3) is 0 Å². The first kappa shape index (κ1) is 20.8. The molecule has 28 heavy (non-hydrogen) atoms. The summed E-state index contributed by atoms with van der Waals surface area (Å²) in [5.74, 6) is -0.445. The van der Waals surface area contributed by atoms with Crippen molar-refractivity contribution in [3.05, 3.63) is 29.8 Å². The van der Waals surface area contributed by atoms with Crippen molar-refractivity contribution in [1.29, 1.82) is 0 Å². The quantitative estimate of drug-likeness (QED) is 0.723. The van der Waals surface area contributed by atoms with Gasteiger partial charge in [-0.3, -0.25) is 0 Å². The number of carbonyl (C=O) groups excluding carboxylic acids is 2. The zero-order valence-electron chi connectivity index (χ0n) is 17.0. The van der Waals surface area contributed by atoms with Crippen molar-refractivity contribution in [2.75, 3.05) is 0 Å². The predicted octanol–water partition coefficient (Wildman–Crippen LogP) is 3.45. The number of aliphatic hydroxyl groups excluding tert-OH is 1. The maximum absolute atomic E-state index is 12.7. The highest BCUT2D eigenvalue weighted by atomic mass is 16.7. The van der Waals surface area contributed by atoms with Gasteiger partial charge in [0, 0.05) is 12.3 Å². The number of phenolic OH excluding ortho intramolecular Hbond substituents is 1. The normalized spacial score (nSPS) is 34.4. The minimum atomic E-state index is -1.20. The summed E-state index contributed by atoms with van der Waals surface area (Å²) < 4.78 is 11.8. The second-order valence-corrected chi connectivity index (χ2v) is 8.87. The lowest BCUT2D eigenvalue weighted by Crippen LogP contribution is -2.45. The van der Waals surface area contributed by atoms with Gasteiger partial charge >= 0.3 is 5.97 Å². The van der Waals surface area contributed by atoms with Crippen LogP contribution in [0.1, 0.15) is 63.7 Å². The lowest BCUT2D eigenvalue weighted by Gasteiger charge is -2.39. The van der Waals surface area contributed by atoms with Crippen LogP contribution in [0.3, 0.4) is 0 Å². The average molecular weight is 390 g/mol. The zero-order chi connectivity index (χ0) is 20.7. The second-order valence-electron chi connectivity index (χ2n) is 8.87. The molecule has 2 N–H and O–H groups in total. The lowest BCUT2D eigenvalue weighted by atomic mass is 9.68. The largest absolute Gasteiger partial charge is 0.508 e. The summed E-state index contributed by atoms with van der Waals surface area (Å²) in [6.45, 7) is 7.80. The van der Waals surface area contributed by atoms with Crippen molar-refractivity contribution >= 4 is 11.8 Å². The summed E-state index contributed by atoms with van der Waals surface area (Å²) in [5, 5.41) is 20.1. The number of benzene rings is 1. The summed E-state index contributed by atoms with van der Waals surface area (Å²) >= 11 is 0. The first-order valence-corrected chi connectivity index (χ1v) is 9.94. The van der Waals surface area contributed by atoms with E-state index in [-0.39, 0.29) is 28.8 Å². The van der Waals surface area contributed by atoms with Gasteiger partial charge in [0.2, 0.25) is 0 Å². The fraction of sp³-hybridized carbons (Fsp3) is 0.636. The predicted molar refractivity (Wildman–Crippen MR) is 103 cm³/mol. The number of aliphatic hydroxyl groups is 1. The number of rotatable bonds is 6. The molecule has 1 aliphatic carbocycles. The molecule has 1 heterocycles. The maximum Gasteiger partial charge on any atom is 0.338 e. The fourth-order valence-corrected chi connectivity index (χ4v) is 5.09. The first-order valence-electron chi connectivity index (χ1n) is 9.94. The molecule has 1 aromatic carbocycles. The van der Waals surface area contributed by atoms with Crippen molar-refractivity contribution in [3.63, 3.8) is 0 Å². The van der Waals surface area contributed by atoms with Crippen LogP contribution in [0.15, 0.2) is 24.3 Å². The van der Waals surface area contributed by atoms with E-state index < -0.39 is 24.0 Å². The molecule has 1 saturated heterocycles. The Morgan fingerprint density at radius 1 is 1.25 bits per heavy atom. The highest BCUT2D eigenvalue weighted by Gasteiger charge is 2.67. The third kappa shape index (κ3) is 3.55. The number of fused-ring (bicyclic) bond motifs is 1. The molecule has 2 fully saturated rings. The van der Waals surface area contributed by atoms with Crippen LogP contribution in [-0.4, -0.2) is 40.0 Å². The minimum Gasteiger partial charge on any atom is -0.508 e. The number of ketones is 1. The Morgan fingerprint density at radius 3 is 2.46 bits per heavy atom. The topological polar surface area (TPSA) is 93.1 Å². The molecule has 6 heteroatoms. The summed E-state index contributed by atoms with van der Waals surface area (Å²) in [6.07, 6.45) is 0.728. The highest BCUT2D eigenvalue weighted by Crippen LogP contribution is 2.62. The zero-order valence-corrected chi connectivity index (χ0v) is 17.0. The smallest absolute Gasteiger partial charge is 0.338 e. The van der Waals surface area contributed by atoms with Gasteiger partial charge in [-0.15, -0.1) is 0 Å². The molecule has 2 aliphatic rings. The molecule has 0 aromatic heterocycles. The van der Waals surface area contributed by atoms with E-state index in [1.807, 2.05) is 0 Å². The summed E-state index contributed by atoms with van der Waals surface area (Å²) in [7, 11) is 0. The van der Waals surface area contributed by atoms with E-state index in [0.29, 0.717) is 18.4 Å². The Kier molecular flexibility index (Phi) is 5.56. The summed E-state index contributed by atoms with van der Waals surface area (Å²) in [4.78, 5) is 24.3. The number of ether oxygens (including phenoxy) is 2. The number of esters is 1. The van der Waals surface area contributed by atoms with E-state index in [1.165, 1.54) is 24.3 Å². The van der Waals surface area contributed by atoms with Gasteiger partial charge in [-0.25, -0.2) is 4.79 Å². The molecular weight excluding hydrogens is 360 g/mol. The second kappa shape index (κ2) is 7.48. The average Bonchev–Trinajstić information content (AvgIpc) is 3.08. The molecule has 5 atom stereocenters. The van der Waals surface area contributed by atoms with E-state index >= 15 is 0 Å². The van der Waals surface area contributed by atoms with Gasteiger partial charge in [0.1, 0.15) is 11.5 Å². The van der Waals surface area contributed by atoms with Gasteiger partial charge in [-0.05, 0) is 61.8 Å². The standard InChI is InChI=1S/C22H30O6/c1-13(2)22-12-11-21(4,10-9-14(3)23)18(22)17(20(26)28-22)27-19(25)15-5-7-16(24)8-6-15/h5-8,13,17-18,20,24,26H,9-12H2,1-4H3/t17-,18-,20-,21+,22-/m1/s1. The number of aromatic hydroxyl groups is 1. The van der Waals surface area contributed by atoms with Gasteiger partial charge in [0.05, 0.1) is 11.2 Å². The lowest BCUT2D eigenvalue weighted by molar-refractivity contribution is -0.173. The molecule has 154 valence electrons. The van der Waals surface area contributed by atoms with Crippen LogP contribution < -0.4 is 0 Å². The molecular formula is C22H30O6. The van der Waals surface area contributed by atoms with E-state index in [4.69, 9.17) is 9.47 Å². The maximum atomic E-state index is 12.7. The van der Waals surface area contributed by atoms with Gasteiger partial charge in [-0.2, -0.15) is 0 Å². The molecule has 0 amide bonds. The SMILES string of the molecule is CC(=O)CC[C@@]1(C)CC[C@]2(C(C)C)O[C@@H](O)[C@H](OC(=O)c3ccc(O)cc3)[C@H]12. The van der Waals surface area contributed by atoms with Crippen molar-refractivity contribution in [1.82, 2.24) is 0 Å². The summed E-state index contributed by atoms with van der Waals surface area (Å²) in [5.41, 5.74) is -0.548. The third-order valence-corrected chi connectivity index (χ3v) is 6.69. The van der Waals surface area contributed by atoms with Gasteiger partial charge in [0.15, 0.2) is 12.4 Å². The van der Waals surface area contributed by atoms with Crippen LogP contribution in [-0.2, 0) is 14.3 Å². The highest BCUT2D eigenvalue weighted by molar-refractivity contribution is 5.89. The third-order valence-electron chi connectivity index (χ3n) is 6.69. The van der Waals surface area contributed by atoms with Crippen LogP contribution in [0.25, 0.3) is 0 Å². The van der Waals surface area contributed by atoms with E-state index in [0.717, 1.165) is 12.8 Å².